The Balaban J connectivity index is 1.45. The average Bonchev–Trinajstić information content (AvgIpc) is 2.71. The first-order valence-corrected chi connectivity index (χ1v) is 9.90. The Hall–Kier alpha value is -2.79. The molecule has 1 saturated heterocycles. The van der Waals surface area contributed by atoms with Crippen LogP contribution in [0.5, 0.6) is 0 Å². The van der Waals surface area contributed by atoms with Crippen molar-refractivity contribution in [2.45, 2.75) is 13.8 Å². The van der Waals surface area contributed by atoms with Gasteiger partial charge in [0.05, 0.1) is 0 Å². The van der Waals surface area contributed by atoms with E-state index in [0.717, 1.165) is 42.7 Å². The zero-order chi connectivity index (χ0) is 19.5. The van der Waals surface area contributed by atoms with E-state index in [2.05, 4.69) is 58.2 Å². The number of aryl methyl sites for hydroxylation is 2. The maximum Gasteiger partial charge on any atom is 0.229 e. The number of hydrogen-bond donors (Lipinski definition) is 1. The number of anilines is 4. The number of piperazine rings is 1. The van der Waals surface area contributed by atoms with Gasteiger partial charge < -0.3 is 15.1 Å². The Bertz CT molecular complexity index is 946. The Morgan fingerprint density at radius 3 is 2.29 bits per heavy atom. The van der Waals surface area contributed by atoms with Crippen molar-refractivity contribution in [3.8, 4) is 0 Å². The summed E-state index contributed by atoms with van der Waals surface area (Å²) in [6, 6.07) is 16.3. The van der Waals surface area contributed by atoms with Gasteiger partial charge in [0, 0.05) is 48.8 Å². The van der Waals surface area contributed by atoms with Gasteiger partial charge in [-0.1, -0.05) is 35.9 Å². The third kappa shape index (κ3) is 4.04. The van der Waals surface area contributed by atoms with Gasteiger partial charge in [0.15, 0.2) is 0 Å². The van der Waals surface area contributed by atoms with Crippen LogP contribution >= 0.6 is 11.6 Å². The molecule has 0 amide bonds. The summed E-state index contributed by atoms with van der Waals surface area (Å²) in [5.74, 6) is 1.58. The van der Waals surface area contributed by atoms with Crippen LogP contribution in [0.15, 0.2) is 54.7 Å². The van der Waals surface area contributed by atoms with Gasteiger partial charge in [-0.25, -0.2) is 4.98 Å². The fourth-order valence-electron chi connectivity index (χ4n) is 3.58. The lowest BCUT2D eigenvalue weighted by atomic mass is 10.1. The summed E-state index contributed by atoms with van der Waals surface area (Å²) in [6.45, 7) is 7.87. The summed E-state index contributed by atoms with van der Waals surface area (Å²) in [6.07, 6.45) is 1.82. The number of aromatic nitrogens is 2. The van der Waals surface area contributed by atoms with Crippen molar-refractivity contribution in [3.63, 3.8) is 0 Å². The molecule has 0 aliphatic carbocycles. The first kappa shape index (κ1) is 18.6. The van der Waals surface area contributed by atoms with E-state index in [1.807, 2.05) is 30.5 Å². The van der Waals surface area contributed by atoms with E-state index in [0.29, 0.717) is 5.95 Å². The van der Waals surface area contributed by atoms with E-state index < -0.39 is 0 Å². The van der Waals surface area contributed by atoms with E-state index in [4.69, 9.17) is 16.6 Å². The SMILES string of the molecule is Cc1cccc(C)c1Nc1nccc(N2CCN(c3cccc(Cl)c3)CC2)n1. The van der Waals surface area contributed by atoms with Crippen LogP contribution in [0.25, 0.3) is 0 Å². The van der Waals surface area contributed by atoms with Crippen molar-refractivity contribution >= 4 is 34.7 Å². The molecule has 1 aromatic heterocycles. The molecule has 0 spiro atoms. The van der Waals surface area contributed by atoms with Crippen LogP contribution in [0, 0.1) is 13.8 Å². The quantitative estimate of drug-likeness (QED) is 0.688. The van der Waals surface area contributed by atoms with Gasteiger partial charge in [-0.05, 0) is 49.2 Å². The van der Waals surface area contributed by atoms with Crippen LogP contribution in [0.2, 0.25) is 5.02 Å². The first-order valence-electron chi connectivity index (χ1n) is 9.52. The molecule has 3 aromatic rings. The van der Waals surface area contributed by atoms with Crippen molar-refractivity contribution in [1.29, 1.82) is 0 Å². The molecule has 1 aliphatic heterocycles. The molecule has 28 heavy (non-hydrogen) atoms. The summed E-state index contributed by atoms with van der Waals surface area (Å²) in [5, 5.41) is 4.16. The zero-order valence-electron chi connectivity index (χ0n) is 16.2. The third-order valence-corrected chi connectivity index (χ3v) is 5.37. The Morgan fingerprint density at radius 2 is 1.57 bits per heavy atom. The van der Waals surface area contributed by atoms with Gasteiger partial charge in [0.1, 0.15) is 5.82 Å². The maximum atomic E-state index is 6.13. The van der Waals surface area contributed by atoms with E-state index in [1.165, 1.54) is 16.8 Å². The number of benzene rings is 2. The predicted molar refractivity (Wildman–Crippen MR) is 117 cm³/mol. The lowest BCUT2D eigenvalue weighted by Crippen LogP contribution is -2.46. The lowest BCUT2D eigenvalue weighted by molar-refractivity contribution is 0.647. The van der Waals surface area contributed by atoms with Crippen LogP contribution in [0.1, 0.15) is 11.1 Å². The predicted octanol–water partition coefficient (Wildman–Crippen LogP) is 4.82. The standard InChI is InChI=1S/C22H24ClN5/c1-16-5-3-6-17(2)21(16)26-22-24-10-9-20(25-22)28-13-11-27(12-14-28)19-8-4-7-18(23)15-19/h3-10,15H,11-14H2,1-2H3,(H,24,25,26). The minimum absolute atomic E-state index is 0.632. The van der Waals surface area contributed by atoms with Crippen molar-refractivity contribution in [2.24, 2.45) is 0 Å². The molecule has 4 rings (SSSR count). The second-order valence-corrected chi connectivity index (χ2v) is 7.52. The molecule has 6 heteroatoms. The van der Waals surface area contributed by atoms with Gasteiger partial charge in [0.2, 0.25) is 5.95 Å². The minimum Gasteiger partial charge on any atom is -0.368 e. The van der Waals surface area contributed by atoms with Crippen molar-refractivity contribution < 1.29 is 0 Å². The summed E-state index contributed by atoms with van der Waals surface area (Å²) in [5.41, 5.74) is 4.62. The molecular formula is C22H24ClN5. The van der Waals surface area contributed by atoms with Crippen molar-refractivity contribution in [1.82, 2.24) is 9.97 Å². The molecule has 1 fully saturated rings. The summed E-state index contributed by atoms with van der Waals surface area (Å²) in [7, 11) is 0. The molecule has 0 atom stereocenters. The van der Waals surface area contributed by atoms with Crippen molar-refractivity contribution in [2.75, 3.05) is 41.3 Å². The molecule has 0 unspecified atom stereocenters. The van der Waals surface area contributed by atoms with Gasteiger partial charge in [-0.15, -0.1) is 0 Å². The van der Waals surface area contributed by atoms with E-state index in [-0.39, 0.29) is 0 Å². The second kappa shape index (κ2) is 8.07. The summed E-state index contributed by atoms with van der Waals surface area (Å²) >= 11 is 6.13. The second-order valence-electron chi connectivity index (χ2n) is 7.08. The number of para-hydroxylation sites is 1. The molecule has 5 nitrogen and oxygen atoms in total. The van der Waals surface area contributed by atoms with Crippen LogP contribution < -0.4 is 15.1 Å². The molecular weight excluding hydrogens is 370 g/mol. The number of nitrogens with one attached hydrogen (secondary N) is 1. The van der Waals surface area contributed by atoms with Crippen LogP contribution in [0.3, 0.4) is 0 Å². The molecule has 2 aromatic carbocycles. The maximum absolute atomic E-state index is 6.13. The molecule has 0 saturated carbocycles. The highest BCUT2D eigenvalue weighted by Gasteiger charge is 2.19. The van der Waals surface area contributed by atoms with E-state index in [1.54, 1.807) is 0 Å². The molecule has 1 aliphatic rings. The number of nitrogens with zero attached hydrogens (tertiary/aromatic N) is 4. The normalized spacial score (nSPS) is 14.2. The molecule has 2 heterocycles. The first-order chi connectivity index (χ1) is 13.6. The Labute approximate surface area is 171 Å². The number of rotatable bonds is 4. The van der Waals surface area contributed by atoms with Crippen LogP contribution in [0.4, 0.5) is 23.1 Å². The highest BCUT2D eigenvalue weighted by atomic mass is 35.5. The van der Waals surface area contributed by atoms with Gasteiger partial charge in [0.25, 0.3) is 0 Å². The van der Waals surface area contributed by atoms with Gasteiger partial charge in [-0.2, -0.15) is 4.98 Å². The third-order valence-electron chi connectivity index (χ3n) is 5.14. The fraction of sp³-hybridized carbons (Fsp3) is 0.273. The monoisotopic (exact) mass is 393 g/mol. The average molecular weight is 394 g/mol. The Kier molecular flexibility index (Phi) is 5.35. The topological polar surface area (TPSA) is 44.3 Å². The summed E-state index contributed by atoms with van der Waals surface area (Å²) < 4.78 is 0. The van der Waals surface area contributed by atoms with Crippen LogP contribution in [-0.2, 0) is 0 Å². The molecule has 0 bridgehead atoms. The van der Waals surface area contributed by atoms with E-state index >= 15 is 0 Å². The minimum atomic E-state index is 0.632. The van der Waals surface area contributed by atoms with Crippen molar-refractivity contribution in [3.05, 3.63) is 70.9 Å². The van der Waals surface area contributed by atoms with Crippen LogP contribution in [-0.4, -0.2) is 36.1 Å². The largest absolute Gasteiger partial charge is 0.368 e. The number of halogens is 1. The highest BCUT2D eigenvalue weighted by Crippen LogP contribution is 2.25. The molecule has 1 N–H and O–H groups in total. The molecule has 144 valence electrons. The fourth-order valence-corrected chi connectivity index (χ4v) is 3.76. The molecule has 0 radical (unpaired) electrons. The van der Waals surface area contributed by atoms with Gasteiger partial charge in [-0.3, -0.25) is 0 Å². The smallest absolute Gasteiger partial charge is 0.229 e. The zero-order valence-corrected chi connectivity index (χ0v) is 16.9. The van der Waals surface area contributed by atoms with E-state index in [9.17, 15) is 0 Å². The number of hydrogen-bond acceptors (Lipinski definition) is 5. The summed E-state index contributed by atoms with van der Waals surface area (Å²) in [4.78, 5) is 13.8. The Morgan fingerprint density at radius 1 is 0.893 bits per heavy atom. The van der Waals surface area contributed by atoms with Gasteiger partial charge >= 0.3 is 0 Å². The lowest BCUT2D eigenvalue weighted by Gasteiger charge is -2.36. The highest BCUT2D eigenvalue weighted by molar-refractivity contribution is 6.30.